The standard InChI is InChI=1S/C17H16ClNO4/c1-12(23-15-9-7-13(18)8-10-15)17(21)22-11-16(20)19-14-5-3-2-4-6-14/h2-10,12H,11H2,1H3,(H,19,20)/t12-/m1/s1. The number of hydrogen-bond donors (Lipinski definition) is 1. The number of carbonyl (C=O) groups excluding carboxylic acids is 2. The highest BCUT2D eigenvalue weighted by atomic mass is 35.5. The second-order valence-corrected chi connectivity index (χ2v) is 5.17. The first-order valence-corrected chi connectivity index (χ1v) is 7.36. The maximum atomic E-state index is 11.8. The lowest BCUT2D eigenvalue weighted by Gasteiger charge is -2.14. The summed E-state index contributed by atoms with van der Waals surface area (Å²) < 4.78 is 10.3. The van der Waals surface area contributed by atoms with Crippen LogP contribution in [0, 0.1) is 0 Å². The number of hydrogen-bond acceptors (Lipinski definition) is 4. The lowest BCUT2D eigenvalue weighted by molar-refractivity contribution is -0.153. The minimum Gasteiger partial charge on any atom is -0.479 e. The monoisotopic (exact) mass is 333 g/mol. The van der Waals surface area contributed by atoms with Crippen LogP contribution in [0.15, 0.2) is 54.6 Å². The molecule has 120 valence electrons. The van der Waals surface area contributed by atoms with Gasteiger partial charge < -0.3 is 14.8 Å². The van der Waals surface area contributed by atoms with Crippen LogP contribution < -0.4 is 10.1 Å². The van der Waals surface area contributed by atoms with Gasteiger partial charge in [0.1, 0.15) is 5.75 Å². The Morgan fingerprint density at radius 3 is 2.39 bits per heavy atom. The van der Waals surface area contributed by atoms with Gasteiger partial charge >= 0.3 is 5.97 Å². The van der Waals surface area contributed by atoms with Gasteiger partial charge in [-0.2, -0.15) is 0 Å². The van der Waals surface area contributed by atoms with Crippen molar-refractivity contribution in [1.29, 1.82) is 0 Å². The molecule has 6 heteroatoms. The van der Waals surface area contributed by atoms with Crippen molar-refractivity contribution < 1.29 is 19.1 Å². The van der Waals surface area contributed by atoms with Gasteiger partial charge in [-0.15, -0.1) is 0 Å². The Bertz CT molecular complexity index is 658. The Labute approximate surface area is 139 Å². The molecule has 0 heterocycles. The largest absolute Gasteiger partial charge is 0.479 e. The number of rotatable bonds is 6. The van der Waals surface area contributed by atoms with Crippen LogP contribution in [0.1, 0.15) is 6.92 Å². The van der Waals surface area contributed by atoms with Crippen molar-refractivity contribution in [1.82, 2.24) is 0 Å². The van der Waals surface area contributed by atoms with Crippen molar-refractivity contribution in [2.45, 2.75) is 13.0 Å². The molecule has 1 atom stereocenters. The van der Waals surface area contributed by atoms with E-state index >= 15 is 0 Å². The Morgan fingerprint density at radius 1 is 1.09 bits per heavy atom. The normalized spacial score (nSPS) is 11.4. The molecule has 1 N–H and O–H groups in total. The lowest BCUT2D eigenvalue weighted by atomic mass is 10.3. The third-order valence-electron chi connectivity index (χ3n) is 2.86. The van der Waals surface area contributed by atoms with E-state index < -0.39 is 18.0 Å². The predicted octanol–water partition coefficient (Wildman–Crippen LogP) is 3.29. The summed E-state index contributed by atoms with van der Waals surface area (Å²) in [6.45, 7) is 1.17. The van der Waals surface area contributed by atoms with E-state index in [4.69, 9.17) is 21.1 Å². The number of halogens is 1. The van der Waals surface area contributed by atoms with Crippen LogP contribution in [0.3, 0.4) is 0 Å². The van der Waals surface area contributed by atoms with Gasteiger partial charge in [-0.1, -0.05) is 29.8 Å². The van der Waals surface area contributed by atoms with Crippen molar-refractivity contribution in [3.05, 3.63) is 59.6 Å². The van der Waals surface area contributed by atoms with Crippen LogP contribution in [-0.4, -0.2) is 24.6 Å². The van der Waals surface area contributed by atoms with Gasteiger partial charge in [-0.05, 0) is 43.3 Å². The minimum absolute atomic E-state index is 0.373. The van der Waals surface area contributed by atoms with E-state index in [0.717, 1.165) is 0 Å². The van der Waals surface area contributed by atoms with Crippen molar-refractivity contribution in [3.63, 3.8) is 0 Å². The molecule has 1 amide bonds. The summed E-state index contributed by atoms with van der Waals surface area (Å²) >= 11 is 5.77. The number of esters is 1. The molecular weight excluding hydrogens is 318 g/mol. The number of carbonyl (C=O) groups is 2. The molecule has 0 aliphatic rings. The summed E-state index contributed by atoms with van der Waals surface area (Å²) in [6.07, 6.45) is -0.833. The van der Waals surface area contributed by atoms with E-state index in [1.807, 2.05) is 6.07 Å². The van der Waals surface area contributed by atoms with Gasteiger partial charge in [0.05, 0.1) is 0 Å². The first-order chi connectivity index (χ1) is 11.0. The molecule has 0 bridgehead atoms. The molecule has 0 saturated heterocycles. The zero-order valence-electron chi connectivity index (χ0n) is 12.5. The molecular formula is C17H16ClNO4. The fraction of sp³-hybridized carbons (Fsp3) is 0.176. The molecule has 0 saturated carbocycles. The van der Waals surface area contributed by atoms with Gasteiger partial charge in [-0.3, -0.25) is 4.79 Å². The number of benzene rings is 2. The third-order valence-corrected chi connectivity index (χ3v) is 3.11. The summed E-state index contributed by atoms with van der Waals surface area (Å²) in [6, 6.07) is 15.5. The Morgan fingerprint density at radius 2 is 1.74 bits per heavy atom. The Balaban J connectivity index is 1.77. The zero-order valence-corrected chi connectivity index (χ0v) is 13.2. The third kappa shape index (κ3) is 5.64. The maximum absolute atomic E-state index is 11.8. The maximum Gasteiger partial charge on any atom is 0.347 e. The first kappa shape index (κ1) is 16.8. The van der Waals surface area contributed by atoms with E-state index in [0.29, 0.717) is 16.5 Å². The fourth-order valence-electron chi connectivity index (χ4n) is 1.74. The molecule has 2 rings (SSSR count). The zero-order chi connectivity index (χ0) is 16.7. The first-order valence-electron chi connectivity index (χ1n) is 6.98. The van der Waals surface area contributed by atoms with Crippen molar-refractivity contribution in [2.24, 2.45) is 0 Å². The fourth-order valence-corrected chi connectivity index (χ4v) is 1.86. The van der Waals surface area contributed by atoms with Gasteiger partial charge in [-0.25, -0.2) is 4.79 Å². The summed E-state index contributed by atoms with van der Waals surface area (Å²) in [4.78, 5) is 23.5. The number of amides is 1. The number of para-hydroxylation sites is 1. The smallest absolute Gasteiger partial charge is 0.347 e. The summed E-state index contributed by atoms with van der Waals surface area (Å²) in [5.41, 5.74) is 0.638. The summed E-state index contributed by atoms with van der Waals surface area (Å²) in [7, 11) is 0. The molecule has 2 aromatic rings. The molecule has 23 heavy (non-hydrogen) atoms. The molecule has 0 unspecified atom stereocenters. The van der Waals surface area contributed by atoms with Crippen molar-refractivity contribution >= 4 is 29.2 Å². The molecule has 0 aliphatic carbocycles. The van der Waals surface area contributed by atoms with E-state index in [1.54, 1.807) is 55.5 Å². The molecule has 5 nitrogen and oxygen atoms in total. The number of nitrogens with one attached hydrogen (secondary N) is 1. The SMILES string of the molecule is C[C@@H](Oc1ccc(Cl)cc1)C(=O)OCC(=O)Nc1ccccc1. The van der Waals surface area contributed by atoms with Crippen LogP contribution in [0.4, 0.5) is 5.69 Å². The van der Waals surface area contributed by atoms with Crippen LogP contribution in [0.25, 0.3) is 0 Å². The van der Waals surface area contributed by atoms with Crippen molar-refractivity contribution in [3.8, 4) is 5.75 Å². The second-order valence-electron chi connectivity index (χ2n) is 4.74. The van der Waals surface area contributed by atoms with Gasteiger partial charge in [0.25, 0.3) is 5.91 Å². The molecule has 2 aromatic carbocycles. The van der Waals surface area contributed by atoms with Crippen molar-refractivity contribution in [2.75, 3.05) is 11.9 Å². The summed E-state index contributed by atoms with van der Waals surface area (Å²) in [5.74, 6) is -0.543. The lowest BCUT2D eigenvalue weighted by Crippen LogP contribution is -2.29. The van der Waals surface area contributed by atoms with Crippen LogP contribution in [-0.2, 0) is 14.3 Å². The Kier molecular flexibility index (Phi) is 6.00. The van der Waals surface area contributed by atoms with Gasteiger partial charge in [0.15, 0.2) is 12.7 Å². The van der Waals surface area contributed by atoms with Gasteiger partial charge in [0, 0.05) is 10.7 Å². The van der Waals surface area contributed by atoms with Crippen LogP contribution in [0.5, 0.6) is 5.75 Å². The Hall–Kier alpha value is -2.53. The van der Waals surface area contributed by atoms with E-state index in [1.165, 1.54) is 0 Å². The average molecular weight is 334 g/mol. The van der Waals surface area contributed by atoms with Crippen LogP contribution in [0.2, 0.25) is 5.02 Å². The molecule has 0 fully saturated rings. The van der Waals surface area contributed by atoms with E-state index in [-0.39, 0.29) is 6.61 Å². The quantitative estimate of drug-likeness (QED) is 0.824. The van der Waals surface area contributed by atoms with Crippen LogP contribution >= 0.6 is 11.6 Å². The minimum atomic E-state index is -0.833. The number of ether oxygens (including phenoxy) is 2. The summed E-state index contributed by atoms with van der Waals surface area (Å²) in [5, 5.41) is 3.19. The topological polar surface area (TPSA) is 64.6 Å². The highest BCUT2D eigenvalue weighted by Gasteiger charge is 2.17. The highest BCUT2D eigenvalue weighted by molar-refractivity contribution is 6.30. The second kappa shape index (κ2) is 8.19. The van der Waals surface area contributed by atoms with E-state index in [2.05, 4.69) is 5.32 Å². The number of anilines is 1. The predicted molar refractivity (Wildman–Crippen MR) is 87.6 cm³/mol. The average Bonchev–Trinajstić information content (AvgIpc) is 2.55. The van der Waals surface area contributed by atoms with Gasteiger partial charge in [0.2, 0.25) is 0 Å². The highest BCUT2D eigenvalue weighted by Crippen LogP contribution is 2.17. The molecule has 0 aliphatic heterocycles. The van der Waals surface area contributed by atoms with E-state index in [9.17, 15) is 9.59 Å². The molecule has 0 aromatic heterocycles. The molecule has 0 spiro atoms. The molecule has 0 radical (unpaired) electrons.